The smallest absolute Gasteiger partial charge is 0.310 e. The number of methoxy groups -OCH3 is 1. The van der Waals surface area contributed by atoms with E-state index in [1.807, 2.05) is 0 Å². The summed E-state index contributed by atoms with van der Waals surface area (Å²) in [6.45, 7) is 0.573. The molecule has 0 aromatic carbocycles. The van der Waals surface area contributed by atoms with Crippen LogP contribution in [0.5, 0.6) is 0 Å². The largest absolute Gasteiger partial charge is 0.469 e. The molecule has 3 N–H and O–H groups in total. The van der Waals surface area contributed by atoms with Crippen molar-refractivity contribution >= 4 is 11.9 Å². The Morgan fingerprint density at radius 3 is 2.36 bits per heavy atom. The Balaban J connectivity index is 2.01. The standard InChI is InChI=1S/C17H30N2O3/c1-22-17(21)14-8-4-2-3-5-10-15(14)19-16(20)13-9-6-7-12(13)11-18/h12-15H,2-11,18H2,1H3,(H,19,20)/t12-,13-,14?,15?/m1/s1. The van der Waals surface area contributed by atoms with Gasteiger partial charge in [-0.1, -0.05) is 32.1 Å². The molecule has 0 heterocycles. The van der Waals surface area contributed by atoms with Gasteiger partial charge in [-0.15, -0.1) is 0 Å². The van der Waals surface area contributed by atoms with Crippen LogP contribution in [0.2, 0.25) is 0 Å². The van der Waals surface area contributed by atoms with Crippen LogP contribution in [0.15, 0.2) is 0 Å². The van der Waals surface area contributed by atoms with Gasteiger partial charge in [0.05, 0.1) is 13.0 Å². The molecule has 4 atom stereocenters. The predicted molar refractivity (Wildman–Crippen MR) is 85.0 cm³/mol. The number of nitrogens with one attached hydrogen (secondary N) is 1. The Kier molecular flexibility index (Phi) is 6.68. The number of nitrogens with two attached hydrogens (primary N) is 1. The van der Waals surface area contributed by atoms with Crippen molar-refractivity contribution in [1.29, 1.82) is 0 Å². The van der Waals surface area contributed by atoms with Gasteiger partial charge in [-0.2, -0.15) is 0 Å². The summed E-state index contributed by atoms with van der Waals surface area (Å²) < 4.78 is 4.96. The van der Waals surface area contributed by atoms with Gasteiger partial charge in [0, 0.05) is 12.0 Å². The van der Waals surface area contributed by atoms with Crippen LogP contribution in [0, 0.1) is 17.8 Å². The molecule has 2 aliphatic rings. The Hall–Kier alpha value is -1.10. The molecule has 2 rings (SSSR count). The topological polar surface area (TPSA) is 81.4 Å². The lowest BCUT2D eigenvalue weighted by atomic mass is 9.86. The Morgan fingerprint density at radius 1 is 1.00 bits per heavy atom. The van der Waals surface area contributed by atoms with E-state index in [2.05, 4.69) is 5.32 Å². The molecule has 0 spiro atoms. The van der Waals surface area contributed by atoms with E-state index in [-0.39, 0.29) is 29.8 Å². The monoisotopic (exact) mass is 310 g/mol. The van der Waals surface area contributed by atoms with Crippen molar-refractivity contribution in [2.75, 3.05) is 13.7 Å². The molecule has 2 aliphatic carbocycles. The zero-order chi connectivity index (χ0) is 15.9. The second-order valence-electron chi connectivity index (χ2n) is 6.77. The normalized spacial score (nSPS) is 32.8. The average Bonchev–Trinajstić information content (AvgIpc) is 2.98. The second-order valence-corrected chi connectivity index (χ2v) is 6.77. The number of amides is 1. The average molecular weight is 310 g/mol. The quantitative estimate of drug-likeness (QED) is 0.778. The molecule has 126 valence electrons. The van der Waals surface area contributed by atoms with Crippen molar-refractivity contribution in [3.63, 3.8) is 0 Å². The maximum Gasteiger partial charge on any atom is 0.310 e. The molecule has 1 amide bonds. The third kappa shape index (κ3) is 4.22. The zero-order valence-electron chi connectivity index (χ0n) is 13.7. The predicted octanol–water partition coefficient (Wildman–Crippen LogP) is 1.99. The summed E-state index contributed by atoms with van der Waals surface area (Å²) in [5.41, 5.74) is 5.78. The number of carbonyl (C=O) groups excluding carboxylic acids is 2. The molecule has 0 radical (unpaired) electrons. The Bertz CT molecular complexity index is 386. The SMILES string of the molecule is COC(=O)C1CCCCCCC1NC(=O)[C@@H]1CCC[C@@H]1CN. The number of hydrogen-bond acceptors (Lipinski definition) is 4. The molecule has 22 heavy (non-hydrogen) atoms. The molecule has 2 unspecified atom stereocenters. The summed E-state index contributed by atoms with van der Waals surface area (Å²) in [5.74, 6) is 0.0206. The van der Waals surface area contributed by atoms with E-state index in [1.165, 1.54) is 13.5 Å². The number of hydrogen-bond donors (Lipinski definition) is 2. The lowest BCUT2D eigenvalue weighted by Crippen LogP contribution is -2.47. The fraction of sp³-hybridized carbons (Fsp3) is 0.882. The lowest BCUT2D eigenvalue weighted by molar-refractivity contribution is -0.147. The van der Waals surface area contributed by atoms with Crippen LogP contribution in [0.25, 0.3) is 0 Å². The highest BCUT2D eigenvalue weighted by Gasteiger charge is 2.36. The van der Waals surface area contributed by atoms with Crippen molar-refractivity contribution in [2.24, 2.45) is 23.5 Å². The first kappa shape index (κ1) is 17.3. The highest BCUT2D eigenvalue weighted by molar-refractivity contribution is 5.81. The first-order chi connectivity index (χ1) is 10.7. The van der Waals surface area contributed by atoms with Gasteiger partial charge < -0.3 is 15.8 Å². The van der Waals surface area contributed by atoms with Crippen LogP contribution in [0.3, 0.4) is 0 Å². The summed E-state index contributed by atoms with van der Waals surface area (Å²) >= 11 is 0. The number of esters is 1. The third-order valence-electron chi connectivity index (χ3n) is 5.40. The van der Waals surface area contributed by atoms with Crippen LogP contribution in [-0.2, 0) is 14.3 Å². The molecule has 0 aliphatic heterocycles. The van der Waals surface area contributed by atoms with Crippen molar-refractivity contribution in [1.82, 2.24) is 5.32 Å². The van der Waals surface area contributed by atoms with E-state index in [9.17, 15) is 9.59 Å². The van der Waals surface area contributed by atoms with Gasteiger partial charge in [0.15, 0.2) is 0 Å². The van der Waals surface area contributed by atoms with Gasteiger partial charge in [-0.05, 0) is 38.1 Å². The van der Waals surface area contributed by atoms with Crippen molar-refractivity contribution < 1.29 is 14.3 Å². The summed E-state index contributed by atoms with van der Waals surface area (Å²) in [6.07, 6.45) is 9.13. The van der Waals surface area contributed by atoms with E-state index in [0.29, 0.717) is 12.5 Å². The fourth-order valence-corrected chi connectivity index (χ4v) is 4.04. The molecule has 2 fully saturated rings. The van der Waals surface area contributed by atoms with Crippen molar-refractivity contribution in [2.45, 2.75) is 63.8 Å². The minimum Gasteiger partial charge on any atom is -0.469 e. The summed E-state index contributed by atoms with van der Waals surface area (Å²) in [7, 11) is 1.43. The second kappa shape index (κ2) is 8.51. The lowest BCUT2D eigenvalue weighted by Gasteiger charge is -2.30. The first-order valence-electron chi connectivity index (χ1n) is 8.75. The van der Waals surface area contributed by atoms with E-state index < -0.39 is 0 Å². The summed E-state index contributed by atoms with van der Waals surface area (Å²) in [6, 6.07) is -0.0840. The van der Waals surface area contributed by atoms with E-state index >= 15 is 0 Å². The molecule has 0 saturated heterocycles. The van der Waals surface area contributed by atoms with Crippen LogP contribution in [-0.4, -0.2) is 31.6 Å². The third-order valence-corrected chi connectivity index (χ3v) is 5.40. The van der Waals surface area contributed by atoms with E-state index in [1.54, 1.807) is 0 Å². The molecule has 0 aromatic rings. The van der Waals surface area contributed by atoms with Crippen LogP contribution < -0.4 is 11.1 Å². The molecular formula is C17H30N2O3. The van der Waals surface area contributed by atoms with Gasteiger partial charge in [0.1, 0.15) is 0 Å². The molecule has 5 heteroatoms. The minimum atomic E-state index is -0.202. The minimum absolute atomic E-state index is 0.0220. The maximum atomic E-state index is 12.6. The highest BCUT2D eigenvalue weighted by atomic mass is 16.5. The summed E-state index contributed by atoms with van der Waals surface area (Å²) in [5, 5.41) is 3.16. The van der Waals surface area contributed by atoms with E-state index in [4.69, 9.17) is 10.5 Å². The maximum absolute atomic E-state index is 12.6. The number of rotatable bonds is 4. The number of ether oxygens (including phenoxy) is 1. The molecule has 0 bridgehead atoms. The molecule has 5 nitrogen and oxygen atoms in total. The number of carbonyl (C=O) groups is 2. The molecule has 0 aromatic heterocycles. The van der Waals surface area contributed by atoms with Gasteiger partial charge in [-0.3, -0.25) is 9.59 Å². The Morgan fingerprint density at radius 2 is 1.68 bits per heavy atom. The van der Waals surface area contributed by atoms with Crippen LogP contribution in [0.1, 0.15) is 57.8 Å². The van der Waals surface area contributed by atoms with Gasteiger partial charge in [-0.25, -0.2) is 0 Å². The first-order valence-corrected chi connectivity index (χ1v) is 8.75. The molecule has 2 saturated carbocycles. The Labute approximate surface area is 133 Å². The van der Waals surface area contributed by atoms with Crippen molar-refractivity contribution in [3.8, 4) is 0 Å². The molecular weight excluding hydrogens is 280 g/mol. The zero-order valence-corrected chi connectivity index (χ0v) is 13.7. The van der Waals surface area contributed by atoms with Gasteiger partial charge >= 0.3 is 5.97 Å². The van der Waals surface area contributed by atoms with Crippen LogP contribution in [0.4, 0.5) is 0 Å². The fourth-order valence-electron chi connectivity index (χ4n) is 4.04. The van der Waals surface area contributed by atoms with Gasteiger partial charge in [0.2, 0.25) is 5.91 Å². The van der Waals surface area contributed by atoms with Crippen LogP contribution >= 0.6 is 0 Å². The summed E-state index contributed by atoms with van der Waals surface area (Å²) in [4.78, 5) is 24.7. The highest BCUT2D eigenvalue weighted by Crippen LogP contribution is 2.32. The van der Waals surface area contributed by atoms with Gasteiger partial charge in [0.25, 0.3) is 0 Å². The van der Waals surface area contributed by atoms with E-state index in [0.717, 1.165) is 51.4 Å². The van der Waals surface area contributed by atoms with Crippen molar-refractivity contribution in [3.05, 3.63) is 0 Å².